The molecule has 20 heavy (non-hydrogen) atoms. The first-order chi connectivity index (χ1) is 9.65. The number of methoxy groups -OCH3 is 1. The van der Waals surface area contributed by atoms with Crippen molar-refractivity contribution >= 4 is 5.78 Å². The second kappa shape index (κ2) is 4.76. The number of nitrogens with two attached hydrogens (primary N) is 1. The van der Waals surface area contributed by atoms with E-state index in [-0.39, 0.29) is 5.78 Å². The van der Waals surface area contributed by atoms with Crippen LogP contribution in [0.3, 0.4) is 0 Å². The van der Waals surface area contributed by atoms with Gasteiger partial charge in [0, 0.05) is 5.56 Å². The zero-order valence-electron chi connectivity index (χ0n) is 11.4. The van der Waals surface area contributed by atoms with Crippen LogP contribution in [0.1, 0.15) is 27.9 Å². The average Bonchev–Trinajstić information content (AvgIpc) is 2.86. The lowest BCUT2D eigenvalue weighted by molar-refractivity contribution is 0.0886. The zero-order valence-corrected chi connectivity index (χ0v) is 11.4. The van der Waals surface area contributed by atoms with E-state index in [1.165, 1.54) is 5.56 Å². The molecular formula is C17H17NO2. The van der Waals surface area contributed by atoms with Crippen LogP contribution in [-0.4, -0.2) is 12.9 Å². The molecule has 0 aromatic heterocycles. The van der Waals surface area contributed by atoms with Crippen molar-refractivity contribution in [2.75, 3.05) is 7.11 Å². The summed E-state index contributed by atoms with van der Waals surface area (Å²) in [5, 5.41) is 0. The van der Waals surface area contributed by atoms with E-state index in [4.69, 9.17) is 10.5 Å². The van der Waals surface area contributed by atoms with Gasteiger partial charge in [-0.05, 0) is 36.1 Å². The maximum atomic E-state index is 12.8. The lowest BCUT2D eigenvalue weighted by Crippen LogP contribution is -2.42. The molecule has 102 valence electrons. The zero-order chi connectivity index (χ0) is 14.2. The van der Waals surface area contributed by atoms with Gasteiger partial charge in [-0.15, -0.1) is 0 Å². The molecule has 0 fully saturated rings. The Morgan fingerprint density at radius 2 is 2.00 bits per heavy atom. The van der Waals surface area contributed by atoms with E-state index in [0.717, 1.165) is 12.0 Å². The highest BCUT2D eigenvalue weighted by molar-refractivity contribution is 6.04. The Balaban J connectivity index is 2.02. The molecule has 0 bridgehead atoms. The Hall–Kier alpha value is -2.13. The molecule has 0 saturated carbocycles. The van der Waals surface area contributed by atoms with E-state index in [2.05, 4.69) is 0 Å². The summed E-state index contributed by atoms with van der Waals surface area (Å²) in [5.41, 5.74) is 8.26. The topological polar surface area (TPSA) is 52.3 Å². The maximum absolute atomic E-state index is 12.8. The van der Waals surface area contributed by atoms with Gasteiger partial charge in [0.2, 0.25) is 0 Å². The molecular weight excluding hydrogens is 250 g/mol. The Bertz CT molecular complexity index is 666. The molecule has 0 amide bonds. The predicted octanol–water partition coefficient (Wildman–Crippen LogP) is 2.68. The van der Waals surface area contributed by atoms with Gasteiger partial charge in [0.05, 0.1) is 7.11 Å². The summed E-state index contributed by atoms with van der Waals surface area (Å²) in [4.78, 5) is 12.8. The third-order valence-electron chi connectivity index (χ3n) is 4.02. The number of ketones is 1. The highest BCUT2D eigenvalue weighted by Gasteiger charge is 2.41. The minimum Gasteiger partial charge on any atom is -0.497 e. The summed E-state index contributed by atoms with van der Waals surface area (Å²) in [6, 6.07) is 15.1. The number of ether oxygens (including phenoxy) is 1. The van der Waals surface area contributed by atoms with Crippen LogP contribution in [0.5, 0.6) is 5.75 Å². The van der Waals surface area contributed by atoms with Crippen LogP contribution in [0.4, 0.5) is 0 Å². The Morgan fingerprint density at radius 3 is 2.80 bits per heavy atom. The van der Waals surface area contributed by atoms with Crippen LogP contribution in [0.25, 0.3) is 0 Å². The molecule has 3 rings (SSSR count). The van der Waals surface area contributed by atoms with Gasteiger partial charge in [-0.1, -0.05) is 36.4 Å². The van der Waals surface area contributed by atoms with Crippen molar-refractivity contribution in [3.05, 3.63) is 65.2 Å². The number of carbonyl (C=O) groups excluding carboxylic acids is 1. The highest BCUT2D eigenvalue weighted by atomic mass is 16.5. The smallest absolute Gasteiger partial charge is 0.187 e. The van der Waals surface area contributed by atoms with Gasteiger partial charge in [-0.3, -0.25) is 4.79 Å². The van der Waals surface area contributed by atoms with Crippen molar-refractivity contribution in [2.24, 2.45) is 5.73 Å². The van der Waals surface area contributed by atoms with Crippen molar-refractivity contribution in [2.45, 2.75) is 18.4 Å². The fourth-order valence-electron chi connectivity index (χ4n) is 2.90. The normalized spacial score (nSPS) is 20.5. The highest BCUT2D eigenvalue weighted by Crippen LogP contribution is 2.37. The standard InChI is InChI=1S/C17H17NO2/c1-20-14-7-4-6-13(11-14)16(19)17(18)10-9-12-5-2-3-8-15(12)17/h2-8,11H,9-10,18H2,1H3. The molecule has 0 radical (unpaired) electrons. The van der Waals surface area contributed by atoms with Gasteiger partial charge in [-0.25, -0.2) is 0 Å². The average molecular weight is 267 g/mol. The summed E-state index contributed by atoms with van der Waals surface area (Å²) >= 11 is 0. The first-order valence-corrected chi connectivity index (χ1v) is 6.71. The maximum Gasteiger partial charge on any atom is 0.187 e. The number of carbonyl (C=O) groups is 1. The molecule has 3 heteroatoms. The van der Waals surface area contributed by atoms with Crippen LogP contribution >= 0.6 is 0 Å². The first-order valence-electron chi connectivity index (χ1n) is 6.71. The Morgan fingerprint density at radius 1 is 1.20 bits per heavy atom. The van der Waals surface area contributed by atoms with Gasteiger partial charge in [0.25, 0.3) is 0 Å². The van der Waals surface area contributed by atoms with E-state index in [1.807, 2.05) is 36.4 Å². The summed E-state index contributed by atoms with van der Waals surface area (Å²) in [6.07, 6.45) is 1.50. The van der Waals surface area contributed by atoms with Crippen molar-refractivity contribution in [1.82, 2.24) is 0 Å². The number of hydrogen-bond acceptors (Lipinski definition) is 3. The number of Topliss-reactive ketones (excluding diaryl/α,β-unsaturated/α-hetero) is 1. The minimum atomic E-state index is -0.914. The Labute approximate surface area is 118 Å². The molecule has 0 aliphatic heterocycles. The van der Waals surface area contributed by atoms with Crippen molar-refractivity contribution in [1.29, 1.82) is 0 Å². The molecule has 2 aromatic carbocycles. The molecule has 3 nitrogen and oxygen atoms in total. The molecule has 1 unspecified atom stereocenters. The van der Waals surface area contributed by atoms with Crippen molar-refractivity contribution in [3.63, 3.8) is 0 Å². The molecule has 0 saturated heterocycles. The van der Waals surface area contributed by atoms with Crippen LogP contribution < -0.4 is 10.5 Å². The number of rotatable bonds is 3. The molecule has 2 aromatic rings. The van der Waals surface area contributed by atoms with Crippen LogP contribution in [-0.2, 0) is 12.0 Å². The Kier molecular flexibility index (Phi) is 3.07. The van der Waals surface area contributed by atoms with E-state index in [1.54, 1.807) is 19.2 Å². The van der Waals surface area contributed by atoms with E-state index >= 15 is 0 Å². The second-order valence-corrected chi connectivity index (χ2v) is 5.19. The van der Waals surface area contributed by atoms with Gasteiger partial charge in [0.15, 0.2) is 5.78 Å². The van der Waals surface area contributed by atoms with Crippen molar-refractivity contribution in [3.8, 4) is 5.75 Å². The van der Waals surface area contributed by atoms with Crippen LogP contribution in [0.2, 0.25) is 0 Å². The largest absolute Gasteiger partial charge is 0.497 e. The molecule has 0 spiro atoms. The molecule has 2 N–H and O–H groups in total. The minimum absolute atomic E-state index is 0.0404. The monoisotopic (exact) mass is 267 g/mol. The number of fused-ring (bicyclic) bond motifs is 1. The molecule has 1 aliphatic carbocycles. The van der Waals surface area contributed by atoms with Gasteiger partial charge in [0.1, 0.15) is 11.3 Å². The quantitative estimate of drug-likeness (QED) is 0.870. The molecule has 0 heterocycles. The lowest BCUT2D eigenvalue weighted by Gasteiger charge is -2.24. The summed E-state index contributed by atoms with van der Waals surface area (Å²) in [7, 11) is 1.59. The summed E-state index contributed by atoms with van der Waals surface area (Å²) in [5.74, 6) is 0.632. The van der Waals surface area contributed by atoms with Gasteiger partial charge < -0.3 is 10.5 Å². The van der Waals surface area contributed by atoms with Crippen LogP contribution in [0, 0.1) is 0 Å². The third-order valence-corrected chi connectivity index (χ3v) is 4.02. The van der Waals surface area contributed by atoms with Crippen LogP contribution in [0.15, 0.2) is 48.5 Å². The SMILES string of the molecule is COc1cccc(C(=O)C2(N)CCc3ccccc32)c1. The van der Waals surface area contributed by atoms with Gasteiger partial charge in [-0.2, -0.15) is 0 Å². The number of benzene rings is 2. The third kappa shape index (κ3) is 1.91. The molecule has 1 aliphatic rings. The lowest BCUT2D eigenvalue weighted by atomic mass is 9.85. The number of hydrogen-bond donors (Lipinski definition) is 1. The van der Waals surface area contributed by atoms with E-state index < -0.39 is 5.54 Å². The van der Waals surface area contributed by atoms with Crippen molar-refractivity contribution < 1.29 is 9.53 Å². The predicted molar refractivity (Wildman–Crippen MR) is 78.0 cm³/mol. The number of aryl methyl sites for hydroxylation is 1. The molecule has 1 atom stereocenters. The fraction of sp³-hybridized carbons (Fsp3) is 0.235. The first kappa shape index (κ1) is 12.9. The van der Waals surface area contributed by atoms with E-state index in [9.17, 15) is 4.79 Å². The second-order valence-electron chi connectivity index (χ2n) is 5.19. The van der Waals surface area contributed by atoms with Gasteiger partial charge >= 0.3 is 0 Å². The summed E-state index contributed by atoms with van der Waals surface area (Å²) < 4.78 is 5.18. The summed E-state index contributed by atoms with van der Waals surface area (Å²) in [6.45, 7) is 0. The fourth-order valence-corrected chi connectivity index (χ4v) is 2.90. The van der Waals surface area contributed by atoms with E-state index in [0.29, 0.717) is 17.7 Å².